The number of pyridine rings is 1. The Balaban J connectivity index is 1.54. The van der Waals surface area contributed by atoms with E-state index in [1.54, 1.807) is 0 Å². The number of carbonyl (C=O) groups is 1. The van der Waals surface area contributed by atoms with Crippen LogP contribution in [0.2, 0.25) is 5.15 Å². The Morgan fingerprint density at radius 2 is 1.81 bits per heavy atom. The summed E-state index contributed by atoms with van der Waals surface area (Å²) in [4.78, 5) is 21.5. The van der Waals surface area contributed by atoms with Crippen molar-refractivity contribution >= 4 is 28.8 Å². The van der Waals surface area contributed by atoms with E-state index in [0.717, 1.165) is 36.2 Å². The first-order chi connectivity index (χ1) is 16.8. The van der Waals surface area contributed by atoms with Crippen molar-refractivity contribution in [1.82, 2.24) is 34.6 Å². The monoisotopic (exact) mass is 530 g/mol. The molecule has 16 heteroatoms. The van der Waals surface area contributed by atoms with Gasteiger partial charge in [0.05, 0.1) is 35.9 Å². The van der Waals surface area contributed by atoms with E-state index >= 15 is 0 Å². The lowest BCUT2D eigenvalue weighted by molar-refractivity contribution is -0.187. The van der Waals surface area contributed by atoms with Gasteiger partial charge < -0.3 is 5.32 Å². The molecule has 4 aromatic heterocycles. The average molecular weight is 531 g/mol. The Morgan fingerprint density at radius 1 is 1.11 bits per heavy atom. The van der Waals surface area contributed by atoms with Crippen LogP contribution in [0.15, 0.2) is 36.9 Å². The Morgan fingerprint density at radius 3 is 2.44 bits per heavy atom. The maximum atomic E-state index is 14.2. The number of fused-ring (bicyclic) bond motifs is 3. The molecule has 0 aromatic carbocycles. The molecule has 188 valence electrons. The Kier molecular flexibility index (Phi) is 5.24. The van der Waals surface area contributed by atoms with Crippen LogP contribution in [-0.4, -0.2) is 46.7 Å². The molecule has 4 aromatic rings. The zero-order chi connectivity index (χ0) is 26.0. The van der Waals surface area contributed by atoms with E-state index in [2.05, 4.69) is 30.6 Å². The molecular formula is C20H13ClF6N8O. The molecule has 1 aliphatic rings. The summed E-state index contributed by atoms with van der Waals surface area (Å²) in [5.41, 5.74) is -4.47. The predicted octanol–water partition coefficient (Wildman–Crippen LogP) is 4.32. The van der Waals surface area contributed by atoms with E-state index in [1.165, 1.54) is 6.07 Å². The third kappa shape index (κ3) is 3.73. The smallest absolute Gasteiger partial charge is 0.324 e. The normalized spacial score (nSPS) is 20.1. The minimum atomic E-state index is -4.89. The van der Waals surface area contributed by atoms with Gasteiger partial charge in [0.2, 0.25) is 5.91 Å². The van der Waals surface area contributed by atoms with E-state index in [1.807, 2.05) is 0 Å². The standard InChI is InChI=1S/C20H13ClF6N8O/c1-18(20(25,26)27)6-10(11-8-28-14-5-13(21)33-34(14)15(11)18)17(36)32-9-4-12(19(22,23)24)16(29-7-9)35-30-2-3-31-35/h2-5,7-8,10H,6H2,1H3,(H,32,36)/t10-,18-/m1/s1. The van der Waals surface area contributed by atoms with Crippen molar-refractivity contribution in [3.63, 3.8) is 0 Å². The second-order valence-electron chi connectivity index (χ2n) is 8.29. The number of aromatic nitrogens is 7. The van der Waals surface area contributed by atoms with E-state index in [4.69, 9.17) is 11.6 Å². The molecular weight excluding hydrogens is 518 g/mol. The Bertz CT molecular complexity index is 1480. The Hall–Kier alpha value is -3.75. The van der Waals surface area contributed by atoms with Crippen molar-refractivity contribution in [1.29, 1.82) is 0 Å². The third-order valence-electron chi connectivity index (χ3n) is 5.98. The molecule has 4 heterocycles. The van der Waals surface area contributed by atoms with Gasteiger partial charge in [0.15, 0.2) is 16.6 Å². The number of halogens is 7. The molecule has 1 amide bonds. The van der Waals surface area contributed by atoms with Gasteiger partial charge in [0, 0.05) is 17.8 Å². The number of carbonyl (C=O) groups excluding carboxylic acids is 1. The van der Waals surface area contributed by atoms with E-state index in [-0.39, 0.29) is 27.7 Å². The number of nitrogens with one attached hydrogen (secondary N) is 1. The highest BCUT2D eigenvalue weighted by molar-refractivity contribution is 6.29. The molecule has 0 saturated heterocycles. The number of anilines is 1. The SMILES string of the molecule is C[C@@]1(C(F)(F)F)C[C@@H](C(=O)Nc2cnc(-n3nccn3)c(C(F)(F)F)c2)c2cnc3cc(Cl)nn3c21. The van der Waals surface area contributed by atoms with Gasteiger partial charge >= 0.3 is 12.4 Å². The molecule has 36 heavy (non-hydrogen) atoms. The quantitative estimate of drug-likeness (QED) is 0.396. The number of hydrogen-bond donors (Lipinski definition) is 1. The summed E-state index contributed by atoms with van der Waals surface area (Å²) in [7, 11) is 0. The zero-order valence-electron chi connectivity index (χ0n) is 17.9. The molecule has 0 unspecified atom stereocenters. The minimum absolute atomic E-state index is 0.0529. The summed E-state index contributed by atoms with van der Waals surface area (Å²) in [5, 5.41) is 13.3. The molecule has 9 nitrogen and oxygen atoms in total. The predicted molar refractivity (Wildman–Crippen MR) is 112 cm³/mol. The molecule has 0 bridgehead atoms. The largest absolute Gasteiger partial charge is 0.420 e. The molecule has 0 spiro atoms. The number of hydrogen-bond acceptors (Lipinski definition) is 6. The molecule has 0 saturated carbocycles. The van der Waals surface area contributed by atoms with Crippen molar-refractivity contribution in [3.8, 4) is 5.82 Å². The number of nitrogens with zero attached hydrogens (tertiary/aromatic N) is 7. The molecule has 0 aliphatic heterocycles. The summed E-state index contributed by atoms with van der Waals surface area (Å²) in [6.07, 6.45) is -6.03. The Labute approximate surface area is 202 Å². The number of amides is 1. The first-order valence-electron chi connectivity index (χ1n) is 10.2. The molecule has 1 aliphatic carbocycles. The van der Waals surface area contributed by atoms with E-state index in [0.29, 0.717) is 10.9 Å². The van der Waals surface area contributed by atoms with E-state index < -0.39 is 47.4 Å². The van der Waals surface area contributed by atoms with Gasteiger partial charge in [-0.3, -0.25) is 4.79 Å². The second kappa shape index (κ2) is 7.88. The number of rotatable bonds is 3. The fourth-order valence-electron chi connectivity index (χ4n) is 4.27. The van der Waals surface area contributed by atoms with Gasteiger partial charge in [-0.25, -0.2) is 14.5 Å². The average Bonchev–Trinajstić information content (AvgIpc) is 3.50. The van der Waals surface area contributed by atoms with Gasteiger partial charge in [-0.2, -0.15) is 41.6 Å². The van der Waals surface area contributed by atoms with Gasteiger partial charge in [0.25, 0.3) is 0 Å². The van der Waals surface area contributed by atoms with Crippen LogP contribution in [0.3, 0.4) is 0 Å². The zero-order valence-corrected chi connectivity index (χ0v) is 18.7. The summed E-state index contributed by atoms with van der Waals surface area (Å²) in [5.74, 6) is -3.00. The van der Waals surface area contributed by atoms with Gasteiger partial charge in [-0.15, -0.1) is 4.80 Å². The maximum absolute atomic E-state index is 14.2. The van der Waals surface area contributed by atoms with Crippen LogP contribution in [0.5, 0.6) is 0 Å². The summed E-state index contributed by atoms with van der Waals surface area (Å²) in [6.45, 7) is 0.920. The van der Waals surface area contributed by atoms with Crippen LogP contribution < -0.4 is 5.32 Å². The van der Waals surface area contributed by atoms with Crippen molar-refractivity contribution < 1.29 is 31.1 Å². The van der Waals surface area contributed by atoms with Crippen LogP contribution in [-0.2, 0) is 16.4 Å². The topological polar surface area (TPSA) is 103 Å². The first-order valence-corrected chi connectivity index (χ1v) is 10.5. The van der Waals surface area contributed by atoms with Crippen LogP contribution in [0.1, 0.15) is 36.1 Å². The second-order valence-corrected chi connectivity index (χ2v) is 8.67. The molecule has 0 fully saturated rings. The lowest BCUT2D eigenvalue weighted by atomic mass is 9.85. The molecule has 2 atom stereocenters. The van der Waals surface area contributed by atoms with Gasteiger partial charge in [-0.05, 0) is 19.4 Å². The minimum Gasteiger partial charge on any atom is -0.324 e. The summed E-state index contributed by atoms with van der Waals surface area (Å²) >= 11 is 5.86. The maximum Gasteiger partial charge on any atom is 0.420 e. The molecule has 5 rings (SSSR count). The lowest BCUT2D eigenvalue weighted by Crippen LogP contribution is -2.39. The van der Waals surface area contributed by atoms with Crippen LogP contribution in [0.4, 0.5) is 32.0 Å². The fraction of sp³-hybridized carbons (Fsp3) is 0.300. The highest BCUT2D eigenvalue weighted by atomic mass is 35.5. The highest BCUT2D eigenvalue weighted by Crippen LogP contribution is 2.54. The number of alkyl halides is 6. The molecule has 0 radical (unpaired) electrons. The first kappa shape index (κ1) is 24.0. The van der Waals surface area contributed by atoms with Crippen molar-refractivity contribution in [2.24, 2.45) is 0 Å². The van der Waals surface area contributed by atoms with Crippen molar-refractivity contribution in [2.45, 2.75) is 37.0 Å². The third-order valence-corrected chi connectivity index (χ3v) is 6.17. The van der Waals surface area contributed by atoms with Crippen molar-refractivity contribution in [2.75, 3.05) is 5.32 Å². The van der Waals surface area contributed by atoms with Gasteiger partial charge in [-0.1, -0.05) is 11.6 Å². The van der Waals surface area contributed by atoms with Crippen LogP contribution >= 0.6 is 11.6 Å². The summed E-state index contributed by atoms with van der Waals surface area (Å²) < 4.78 is 84.6. The fourth-order valence-corrected chi connectivity index (χ4v) is 4.45. The van der Waals surface area contributed by atoms with E-state index in [9.17, 15) is 31.1 Å². The van der Waals surface area contributed by atoms with Crippen LogP contribution in [0.25, 0.3) is 11.5 Å². The highest BCUT2D eigenvalue weighted by Gasteiger charge is 2.60. The molecule has 1 N–H and O–H groups in total. The van der Waals surface area contributed by atoms with Crippen molar-refractivity contribution in [3.05, 3.63) is 58.9 Å². The van der Waals surface area contributed by atoms with Gasteiger partial charge in [0.1, 0.15) is 11.0 Å². The lowest BCUT2D eigenvalue weighted by Gasteiger charge is -2.28. The van der Waals surface area contributed by atoms with Crippen LogP contribution in [0, 0.1) is 0 Å². The summed E-state index contributed by atoms with van der Waals surface area (Å²) in [6, 6.07) is 1.88.